The Hall–Kier alpha value is -0.730. The fourth-order valence-electron chi connectivity index (χ4n) is 2.11. The van der Waals surface area contributed by atoms with Gasteiger partial charge in [-0.05, 0) is 37.0 Å². The van der Waals surface area contributed by atoms with Gasteiger partial charge in [0.2, 0.25) is 0 Å². The first-order valence-electron chi connectivity index (χ1n) is 5.21. The minimum atomic E-state index is -0.741. The number of carboxylic acids is 1. The monoisotopic (exact) mass is 258 g/mol. The summed E-state index contributed by atoms with van der Waals surface area (Å²) >= 11 is 12.1. The second-order valence-electron chi connectivity index (χ2n) is 4.32. The minimum Gasteiger partial charge on any atom is -0.481 e. The van der Waals surface area contributed by atoms with Crippen molar-refractivity contribution in [3.8, 4) is 0 Å². The van der Waals surface area contributed by atoms with Gasteiger partial charge in [-0.15, -0.1) is 0 Å². The summed E-state index contributed by atoms with van der Waals surface area (Å²) in [7, 11) is 0. The lowest BCUT2D eigenvalue weighted by Crippen LogP contribution is -2.40. The molecular formula is C12H12Cl2O2. The standard InChI is InChI=1S/C12H12Cl2O2/c13-9-3-1-4-10(14)8(9)7-12(11(15)16)5-2-6-12/h1,3-4H,2,5-7H2,(H,15,16). The van der Waals surface area contributed by atoms with E-state index in [0.717, 1.165) is 12.0 Å². The summed E-state index contributed by atoms with van der Waals surface area (Å²) in [5.41, 5.74) is 0.113. The number of hydrogen-bond acceptors (Lipinski definition) is 1. The molecule has 2 rings (SSSR count). The molecule has 0 spiro atoms. The zero-order valence-electron chi connectivity index (χ0n) is 8.67. The van der Waals surface area contributed by atoms with E-state index in [-0.39, 0.29) is 0 Å². The maximum Gasteiger partial charge on any atom is 0.309 e. The van der Waals surface area contributed by atoms with Gasteiger partial charge < -0.3 is 5.11 Å². The quantitative estimate of drug-likeness (QED) is 0.896. The lowest BCUT2D eigenvalue weighted by Gasteiger charge is -2.38. The molecule has 0 aromatic heterocycles. The molecule has 16 heavy (non-hydrogen) atoms. The zero-order chi connectivity index (χ0) is 11.8. The van der Waals surface area contributed by atoms with Crippen LogP contribution in [0.25, 0.3) is 0 Å². The van der Waals surface area contributed by atoms with Gasteiger partial charge in [-0.25, -0.2) is 0 Å². The van der Waals surface area contributed by atoms with E-state index >= 15 is 0 Å². The van der Waals surface area contributed by atoms with Crippen LogP contribution in [0.1, 0.15) is 24.8 Å². The Bertz CT molecular complexity index is 405. The molecule has 0 unspecified atom stereocenters. The highest BCUT2D eigenvalue weighted by Gasteiger charge is 2.44. The molecule has 0 aliphatic heterocycles. The Balaban J connectivity index is 2.30. The molecule has 86 valence electrons. The molecule has 1 aromatic carbocycles. The SMILES string of the molecule is O=C(O)C1(Cc2c(Cl)cccc2Cl)CCC1. The number of aliphatic carboxylic acids is 1. The summed E-state index contributed by atoms with van der Waals surface area (Å²) in [5.74, 6) is -0.741. The van der Waals surface area contributed by atoms with Crippen molar-refractivity contribution in [1.29, 1.82) is 0 Å². The minimum absolute atomic E-state index is 0.431. The Kier molecular flexibility index (Phi) is 3.13. The molecule has 0 atom stereocenters. The lowest BCUT2D eigenvalue weighted by molar-refractivity contribution is -0.154. The van der Waals surface area contributed by atoms with Crippen molar-refractivity contribution in [2.45, 2.75) is 25.7 Å². The van der Waals surface area contributed by atoms with Crippen LogP contribution in [-0.2, 0) is 11.2 Å². The first-order valence-corrected chi connectivity index (χ1v) is 5.97. The third-order valence-corrected chi connectivity index (χ3v) is 4.05. The number of carboxylic acid groups (broad SMARTS) is 1. The second-order valence-corrected chi connectivity index (χ2v) is 5.13. The average Bonchev–Trinajstić information content (AvgIpc) is 2.14. The summed E-state index contributed by atoms with van der Waals surface area (Å²) in [5, 5.41) is 10.4. The fraction of sp³-hybridized carbons (Fsp3) is 0.417. The van der Waals surface area contributed by atoms with Gasteiger partial charge in [0.1, 0.15) is 0 Å². The fourth-order valence-corrected chi connectivity index (χ4v) is 2.64. The van der Waals surface area contributed by atoms with Crippen molar-refractivity contribution in [2.24, 2.45) is 5.41 Å². The number of benzene rings is 1. The maximum atomic E-state index is 11.2. The van der Waals surface area contributed by atoms with Crippen LogP contribution in [0, 0.1) is 5.41 Å². The third kappa shape index (κ3) is 1.92. The molecule has 1 aliphatic rings. The Labute approximate surface area is 104 Å². The number of rotatable bonds is 3. The van der Waals surface area contributed by atoms with Crippen LogP contribution in [0.5, 0.6) is 0 Å². The van der Waals surface area contributed by atoms with E-state index in [2.05, 4.69) is 0 Å². The summed E-state index contributed by atoms with van der Waals surface area (Å²) in [6.07, 6.45) is 2.82. The lowest BCUT2D eigenvalue weighted by atomic mass is 9.65. The highest BCUT2D eigenvalue weighted by molar-refractivity contribution is 6.36. The van der Waals surface area contributed by atoms with Crippen molar-refractivity contribution >= 4 is 29.2 Å². The molecular weight excluding hydrogens is 247 g/mol. The van der Waals surface area contributed by atoms with Crippen LogP contribution < -0.4 is 0 Å². The Morgan fingerprint density at radius 1 is 1.31 bits per heavy atom. The van der Waals surface area contributed by atoms with Gasteiger partial charge >= 0.3 is 5.97 Å². The van der Waals surface area contributed by atoms with Crippen molar-refractivity contribution in [3.63, 3.8) is 0 Å². The van der Waals surface area contributed by atoms with E-state index in [0.29, 0.717) is 29.3 Å². The van der Waals surface area contributed by atoms with Crippen LogP contribution in [0.15, 0.2) is 18.2 Å². The van der Waals surface area contributed by atoms with Gasteiger partial charge in [-0.2, -0.15) is 0 Å². The van der Waals surface area contributed by atoms with Crippen molar-refractivity contribution in [3.05, 3.63) is 33.8 Å². The van der Waals surface area contributed by atoms with E-state index in [1.54, 1.807) is 18.2 Å². The molecule has 0 heterocycles. The zero-order valence-corrected chi connectivity index (χ0v) is 10.2. The number of hydrogen-bond donors (Lipinski definition) is 1. The molecule has 0 saturated heterocycles. The Morgan fingerprint density at radius 3 is 2.25 bits per heavy atom. The predicted octanol–water partition coefficient (Wildman–Crippen LogP) is 3.79. The first kappa shape index (κ1) is 11.7. The first-order chi connectivity index (χ1) is 7.55. The number of halogens is 2. The van der Waals surface area contributed by atoms with Gasteiger partial charge in [-0.1, -0.05) is 35.7 Å². The van der Waals surface area contributed by atoms with Gasteiger partial charge in [-0.3, -0.25) is 4.79 Å². The predicted molar refractivity (Wildman–Crippen MR) is 64.1 cm³/mol. The topological polar surface area (TPSA) is 37.3 Å². The molecule has 2 nitrogen and oxygen atoms in total. The van der Waals surface area contributed by atoms with Crippen LogP contribution in [0.4, 0.5) is 0 Å². The molecule has 0 radical (unpaired) electrons. The number of carbonyl (C=O) groups is 1. The third-order valence-electron chi connectivity index (χ3n) is 3.34. The largest absolute Gasteiger partial charge is 0.481 e. The van der Waals surface area contributed by atoms with E-state index in [9.17, 15) is 9.90 Å². The molecule has 1 saturated carbocycles. The second kappa shape index (κ2) is 4.27. The van der Waals surface area contributed by atoms with Crippen LogP contribution >= 0.6 is 23.2 Å². The summed E-state index contributed by atoms with van der Waals surface area (Å²) in [6.45, 7) is 0. The van der Waals surface area contributed by atoms with E-state index in [4.69, 9.17) is 23.2 Å². The van der Waals surface area contributed by atoms with Crippen LogP contribution in [-0.4, -0.2) is 11.1 Å². The van der Waals surface area contributed by atoms with Gasteiger partial charge in [0.25, 0.3) is 0 Å². The maximum absolute atomic E-state index is 11.2. The average molecular weight is 259 g/mol. The molecule has 1 N–H and O–H groups in total. The summed E-state index contributed by atoms with van der Waals surface area (Å²) in [6, 6.07) is 5.26. The Morgan fingerprint density at radius 2 is 1.88 bits per heavy atom. The van der Waals surface area contributed by atoms with Gasteiger partial charge in [0, 0.05) is 10.0 Å². The van der Waals surface area contributed by atoms with Crippen LogP contribution in [0.2, 0.25) is 10.0 Å². The molecule has 1 aliphatic carbocycles. The van der Waals surface area contributed by atoms with Crippen molar-refractivity contribution < 1.29 is 9.90 Å². The molecule has 1 fully saturated rings. The highest BCUT2D eigenvalue weighted by atomic mass is 35.5. The molecule has 4 heteroatoms. The van der Waals surface area contributed by atoms with E-state index < -0.39 is 11.4 Å². The summed E-state index contributed by atoms with van der Waals surface area (Å²) < 4.78 is 0. The van der Waals surface area contributed by atoms with Crippen molar-refractivity contribution in [2.75, 3.05) is 0 Å². The van der Waals surface area contributed by atoms with E-state index in [1.165, 1.54) is 0 Å². The van der Waals surface area contributed by atoms with Crippen LogP contribution in [0.3, 0.4) is 0 Å². The molecule has 0 bridgehead atoms. The van der Waals surface area contributed by atoms with Gasteiger partial charge in [0.15, 0.2) is 0 Å². The van der Waals surface area contributed by atoms with E-state index in [1.807, 2.05) is 0 Å². The molecule has 1 aromatic rings. The van der Waals surface area contributed by atoms with Gasteiger partial charge in [0.05, 0.1) is 5.41 Å². The highest BCUT2D eigenvalue weighted by Crippen LogP contribution is 2.45. The smallest absolute Gasteiger partial charge is 0.309 e. The van der Waals surface area contributed by atoms with Crippen molar-refractivity contribution in [1.82, 2.24) is 0 Å². The summed E-state index contributed by atoms with van der Waals surface area (Å²) in [4.78, 5) is 11.2. The molecule has 0 amide bonds. The normalized spacial score (nSPS) is 17.9.